The van der Waals surface area contributed by atoms with Crippen molar-refractivity contribution < 1.29 is 9.47 Å². The Kier molecular flexibility index (Phi) is 5.91. The summed E-state index contributed by atoms with van der Waals surface area (Å²) in [5.41, 5.74) is 1.07. The van der Waals surface area contributed by atoms with E-state index in [1.165, 1.54) is 0 Å². The molecule has 0 bridgehead atoms. The number of piperazine rings is 1. The fourth-order valence-corrected chi connectivity index (χ4v) is 3.15. The average molecular weight is 311 g/mol. The highest BCUT2D eigenvalue weighted by Gasteiger charge is 2.25. The summed E-state index contributed by atoms with van der Waals surface area (Å²) in [7, 11) is 3.23. The second-order valence-corrected chi connectivity index (χ2v) is 5.41. The largest absolute Gasteiger partial charge is 0.493 e. The lowest BCUT2D eigenvalue weighted by Gasteiger charge is -2.35. The average Bonchev–Trinajstić information content (AvgIpc) is 2.53. The van der Waals surface area contributed by atoms with Crippen LogP contribution >= 0.6 is 11.6 Å². The Hall–Kier alpha value is -1.23. The molecule has 21 heavy (non-hydrogen) atoms. The SMILES string of the molecule is C=CC[C@@H](c1ccc(OC)c(OC)c1Cl)N1CCNCC1. The molecular formula is C16H23ClN2O2. The van der Waals surface area contributed by atoms with Crippen LogP contribution in [-0.4, -0.2) is 45.3 Å². The normalized spacial score (nSPS) is 17.3. The van der Waals surface area contributed by atoms with Crippen LogP contribution in [0.15, 0.2) is 24.8 Å². The number of benzene rings is 1. The molecule has 1 heterocycles. The summed E-state index contributed by atoms with van der Waals surface area (Å²) >= 11 is 6.56. The molecule has 0 spiro atoms. The van der Waals surface area contributed by atoms with Crippen LogP contribution in [0.4, 0.5) is 0 Å². The maximum atomic E-state index is 6.56. The Balaban J connectivity index is 2.37. The molecule has 1 atom stereocenters. The van der Waals surface area contributed by atoms with Crippen molar-refractivity contribution in [3.8, 4) is 11.5 Å². The lowest BCUT2D eigenvalue weighted by molar-refractivity contribution is 0.174. The molecule has 1 N–H and O–H groups in total. The first-order chi connectivity index (χ1) is 10.2. The quantitative estimate of drug-likeness (QED) is 0.819. The van der Waals surface area contributed by atoms with Gasteiger partial charge in [-0.25, -0.2) is 0 Å². The number of nitrogens with one attached hydrogen (secondary N) is 1. The standard InChI is InChI=1S/C16H23ClN2O2/c1-4-5-13(19-10-8-18-9-11-19)12-6-7-14(20-2)16(21-3)15(12)17/h4,6-7,13,18H,1,5,8-11H2,2-3H3/t13-/m0/s1. The Morgan fingerprint density at radius 3 is 2.62 bits per heavy atom. The van der Waals surface area contributed by atoms with E-state index in [2.05, 4.69) is 16.8 Å². The van der Waals surface area contributed by atoms with Gasteiger partial charge in [-0.05, 0) is 18.1 Å². The van der Waals surface area contributed by atoms with Crippen LogP contribution in [-0.2, 0) is 0 Å². The second-order valence-electron chi connectivity index (χ2n) is 5.03. The van der Waals surface area contributed by atoms with Crippen molar-refractivity contribution in [3.63, 3.8) is 0 Å². The minimum Gasteiger partial charge on any atom is -0.493 e. The number of methoxy groups -OCH3 is 2. The second kappa shape index (κ2) is 7.69. The molecule has 0 aromatic heterocycles. The van der Waals surface area contributed by atoms with E-state index in [0.717, 1.165) is 38.2 Å². The van der Waals surface area contributed by atoms with Crippen LogP contribution in [0.2, 0.25) is 5.02 Å². The number of hydrogen-bond acceptors (Lipinski definition) is 4. The molecule has 5 heteroatoms. The fraction of sp³-hybridized carbons (Fsp3) is 0.500. The van der Waals surface area contributed by atoms with Gasteiger partial charge < -0.3 is 14.8 Å². The fourth-order valence-electron chi connectivity index (χ4n) is 2.79. The summed E-state index contributed by atoms with van der Waals surface area (Å²) in [5.74, 6) is 1.25. The molecule has 0 radical (unpaired) electrons. The zero-order chi connectivity index (χ0) is 15.2. The predicted molar refractivity (Wildman–Crippen MR) is 86.6 cm³/mol. The lowest BCUT2D eigenvalue weighted by atomic mass is 10.00. The first-order valence-electron chi connectivity index (χ1n) is 7.19. The maximum absolute atomic E-state index is 6.56. The van der Waals surface area contributed by atoms with E-state index >= 15 is 0 Å². The summed E-state index contributed by atoms with van der Waals surface area (Å²) in [5, 5.41) is 4.00. The van der Waals surface area contributed by atoms with Crippen molar-refractivity contribution >= 4 is 11.6 Å². The highest BCUT2D eigenvalue weighted by atomic mass is 35.5. The summed E-state index contributed by atoms with van der Waals surface area (Å²) < 4.78 is 10.7. The van der Waals surface area contributed by atoms with Gasteiger partial charge in [0.25, 0.3) is 0 Å². The van der Waals surface area contributed by atoms with Gasteiger partial charge in [-0.2, -0.15) is 0 Å². The summed E-state index contributed by atoms with van der Waals surface area (Å²) in [6.07, 6.45) is 2.80. The van der Waals surface area contributed by atoms with Crippen molar-refractivity contribution in [3.05, 3.63) is 35.4 Å². The molecule has 1 aliphatic rings. The molecule has 0 unspecified atom stereocenters. The third-order valence-electron chi connectivity index (χ3n) is 3.86. The summed E-state index contributed by atoms with van der Waals surface area (Å²) in [6, 6.07) is 4.16. The van der Waals surface area contributed by atoms with E-state index < -0.39 is 0 Å². The van der Waals surface area contributed by atoms with Gasteiger partial charge in [0.2, 0.25) is 0 Å². The van der Waals surface area contributed by atoms with Crippen LogP contribution in [0.3, 0.4) is 0 Å². The Bertz CT molecular complexity index is 487. The molecule has 4 nitrogen and oxygen atoms in total. The van der Waals surface area contributed by atoms with Gasteiger partial charge in [-0.1, -0.05) is 23.7 Å². The molecule has 2 rings (SSSR count). The van der Waals surface area contributed by atoms with E-state index in [4.69, 9.17) is 21.1 Å². The van der Waals surface area contributed by atoms with Crippen LogP contribution in [0.1, 0.15) is 18.0 Å². The van der Waals surface area contributed by atoms with Crippen molar-refractivity contribution in [1.82, 2.24) is 10.2 Å². The molecular weight excluding hydrogens is 288 g/mol. The molecule has 1 saturated heterocycles. The van der Waals surface area contributed by atoms with E-state index in [1.807, 2.05) is 18.2 Å². The van der Waals surface area contributed by atoms with E-state index in [-0.39, 0.29) is 6.04 Å². The topological polar surface area (TPSA) is 33.7 Å². The zero-order valence-corrected chi connectivity index (χ0v) is 13.4. The Morgan fingerprint density at radius 2 is 2.05 bits per heavy atom. The first kappa shape index (κ1) is 16.1. The predicted octanol–water partition coefficient (Wildman–Crippen LogP) is 2.88. The van der Waals surface area contributed by atoms with Crippen molar-refractivity contribution in [2.75, 3.05) is 40.4 Å². The van der Waals surface area contributed by atoms with Gasteiger partial charge in [0.15, 0.2) is 11.5 Å². The van der Waals surface area contributed by atoms with Crippen molar-refractivity contribution in [1.29, 1.82) is 0 Å². The van der Waals surface area contributed by atoms with Crippen LogP contribution in [0.25, 0.3) is 0 Å². The molecule has 1 aromatic carbocycles. The van der Waals surface area contributed by atoms with Gasteiger partial charge in [0.1, 0.15) is 0 Å². The molecule has 1 aromatic rings. The molecule has 1 aliphatic heterocycles. The molecule has 1 fully saturated rings. The minimum atomic E-state index is 0.219. The highest BCUT2D eigenvalue weighted by molar-refractivity contribution is 6.33. The van der Waals surface area contributed by atoms with Gasteiger partial charge in [0.05, 0.1) is 19.2 Å². The molecule has 0 aliphatic carbocycles. The number of hydrogen-bond donors (Lipinski definition) is 1. The van der Waals surface area contributed by atoms with Crippen LogP contribution in [0.5, 0.6) is 11.5 Å². The monoisotopic (exact) mass is 310 g/mol. The maximum Gasteiger partial charge on any atom is 0.179 e. The molecule has 116 valence electrons. The van der Waals surface area contributed by atoms with Gasteiger partial charge in [-0.15, -0.1) is 6.58 Å². The smallest absolute Gasteiger partial charge is 0.179 e. The van der Waals surface area contributed by atoms with Crippen LogP contribution in [0, 0.1) is 0 Å². The van der Waals surface area contributed by atoms with Crippen LogP contribution < -0.4 is 14.8 Å². The van der Waals surface area contributed by atoms with Crippen molar-refractivity contribution in [2.45, 2.75) is 12.5 Å². The highest BCUT2D eigenvalue weighted by Crippen LogP contribution is 2.41. The van der Waals surface area contributed by atoms with Gasteiger partial charge >= 0.3 is 0 Å². The molecule has 0 amide bonds. The summed E-state index contributed by atoms with van der Waals surface area (Å²) in [6.45, 7) is 7.89. The first-order valence-corrected chi connectivity index (χ1v) is 7.56. The van der Waals surface area contributed by atoms with Crippen molar-refractivity contribution in [2.24, 2.45) is 0 Å². The molecule has 0 saturated carbocycles. The number of halogens is 1. The zero-order valence-electron chi connectivity index (χ0n) is 12.7. The van der Waals surface area contributed by atoms with Gasteiger partial charge in [0, 0.05) is 32.2 Å². The Morgan fingerprint density at radius 1 is 1.33 bits per heavy atom. The van der Waals surface area contributed by atoms with E-state index in [9.17, 15) is 0 Å². The Labute approximate surface area is 131 Å². The third-order valence-corrected chi connectivity index (χ3v) is 4.25. The van der Waals surface area contributed by atoms with E-state index in [0.29, 0.717) is 16.5 Å². The minimum absolute atomic E-state index is 0.219. The van der Waals surface area contributed by atoms with E-state index in [1.54, 1.807) is 14.2 Å². The number of ether oxygens (including phenoxy) is 2. The lowest BCUT2D eigenvalue weighted by Crippen LogP contribution is -2.45. The number of rotatable bonds is 6. The third kappa shape index (κ3) is 3.51. The van der Waals surface area contributed by atoms with Gasteiger partial charge in [-0.3, -0.25) is 4.90 Å². The number of nitrogens with zero attached hydrogens (tertiary/aromatic N) is 1. The summed E-state index contributed by atoms with van der Waals surface area (Å²) in [4.78, 5) is 2.44.